The first-order chi connectivity index (χ1) is 14.1. The van der Waals surface area contributed by atoms with Gasteiger partial charge in [-0.25, -0.2) is 8.42 Å². The lowest BCUT2D eigenvalue weighted by Gasteiger charge is -2.17. The number of carbonyl (C=O) groups excluding carboxylic acids is 1. The number of sulfonamides is 1. The van der Waals surface area contributed by atoms with E-state index in [2.05, 4.69) is 10.0 Å². The number of nitrogens with one attached hydrogen (secondary N) is 2. The summed E-state index contributed by atoms with van der Waals surface area (Å²) in [6, 6.07) is 10.2. The number of rotatable bonds is 11. The number of anilines is 1. The van der Waals surface area contributed by atoms with Crippen LogP contribution in [0.25, 0.3) is 11.1 Å². The molecule has 0 saturated heterocycles. The van der Waals surface area contributed by atoms with Gasteiger partial charge >= 0.3 is 5.97 Å². The van der Waals surface area contributed by atoms with Crippen LogP contribution in [0.2, 0.25) is 0 Å². The molecule has 0 aromatic heterocycles. The quantitative estimate of drug-likeness (QED) is 0.464. The first kappa shape index (κ1) is 23.4. The van der Waals surface area contributed by atoms with Gasteiger partial charge in [0.15, 0.2) is 0 Å². The lowest BCUT2D eigenvalue weighted by Crippen LogP contribution is -2.17. The third-order valence-corrected chi connectivity index (χ3v) is 4.90. The molecule has 0 saturated carbocycles. The Morgan fingerprint density at radius 3 is 2.43 bits per heavy atom. The third-order valence-electron chi connectivity index (χ3n) is 4.29. The van der Waals surface area contributed by atoms with Crippen molar-refractivity contribution in [2.45, 2.75) is 26.3 Å². The molecule has 0 radical (unpaired) electrons. The third kappa shape index (κ3) is 7.16. The highest BCUT2D eigenvalue weighted by Crippen LogP contribution is 2.35. The SMILES string of the molecule is COc1ccc(CC(=O)O)cc1-c1cc(NS(C)(=O)=O)ccc1CNCCC(C)=O. The maximum atomic E-state index is 11.7. The van der Waals surface area contributed by atoms with Crippen molar-refractivity contribution in [2.75, 3.05) is 24.6 Å². The zero-order chi connectivity index (χ0) is 22.3. The first-order valence-electron chi connectivity index (χ1n) is 9.29. The van der Waals surface area contributed by atoms with Crippen LogP contribution < -0.4 is 14.8 Å². The van der Waals surface area contributed by atoms with E-state index in [1.807, 2.05) is 0 Å². The number of hydrogen-bond acceptors (Lipinski definition) is 6. The molecule has 8 nitrogen and oxygen atoms in total. The second-order valence-corrected chi connectivity index (χ2v) is 8.73. The topological polar surface area (TPSA) is 122 Å². The van der Waals surface area contributed by atoms with Gasteiger partial charge in [0, 0.05) is 30.8 Å². The van der Waals surface area contributed by atoms with Gasteiger partial charge in [-0.15, -0.1) is 0 Å². The van der Waals surface area contributed by atoms with E-state index in [4.69, 9.17) is 9.84 Å². The zero-order valence-electron chi connectivity index (χ0n) is 17.2. The highest BCUT2D eigenvalue weighted by molar-refractivity contribution is 7.92. The van der Waals surface area contributed by atoms with E-state index >= 15 is 0 Å². The van der Waals surface area contributed by atoms with Gasteiger partial charge in [-0.1, -0.05) is 12.1 Å². The number of benzene rings is 2. The van der Waals surface area contributed by atoms with Gasteiger partial charge in [-0.2, -0.15) is 0 Å². The largest absolute Gasteiger partial charge is 0.496 e. The fourth-order valence-corrected chi connectivity index (χ4v) is 3.55. The molecule has 9 heteroatoms. The van der Waals surface area contributed by atoms with E-state index in [1.54, 1.807) is 36.4 Å². The molecular weight excluding hydrogens is 408 g/mol. The van der Waals surface area contributed by atoms with Crippen LogP contribution in [-0.4, -0.2) is 45.2 Å². The van der Waals surface area contributed by atoms with Gasteiger partial charge in [0.25, 0.3) is 0 Å². The van der Waals surface area contributed by atoms with E-state index < -0.39 is 16.0 Å². The fourth-order valence-electron chi connectivity index (χ4n) is 3.00. The summed E-state index contributed by atoms with van der Waals surface area (Å²) < 4.78 is 31.2. The number of carboxylic acid groups (broad SMARTS) is 1. The summed E-state index contributed by atoms with van der Waals surface area (Å²) in [7, 11) is -1.96. The van der Waals surface area contributed by atoms with Crippen molar-refractivity contribution >= 4 is 27.5 Å². The molecule has 2 aromatic carbocycles. The summed E-state index contributed by atoms with van der Waals surface area (Å²) in [6.45, 7) is 2.47. The standard InChI is InChI=1S/C21H26N2O6S/c1-14(24)8-9-22-13-16-5-6-17(23-30(3,27)28)12-18(16)19-10-15(11-21(25)26)4-7-20(19)29-2/h4-7,10,12,22-23H,8-9,11,13H2,1-3H3,(H,25,26). The van der Waals surface area contributed by atoms with Gasteiger partial charge in [-0.3, -0.25) is 14.3 Å². The summed E-state index contributed by atoms with van der Waals surface area (Å²) >= 11 is 0. The van der Waals surface area contributed by atoms with Crippen molar-refractivity contribution in [3.05, 3.63) is 47.5 Å². The Labute approximate surface area is 176 Å². The molecular formula is C21H26N2O6S. The van der Waals surface area contributed by atoms with Crippen molar-refractivity contribution in [1.82, 2.24) is 5.32 Å². The van der Waals surface area contributed by atoms with Crippen molar-refractivity contribution in [3.8, 4) is 16.9 Å². The minimum atomic E-state index is -3.47. The van der Waals surface area contributed by atoms with Gasteiger partial charge in [0.2, 0.25) is 10.0 Å². The van der Waals surface area contributed by atoms with Gasteiger partial charge in [-0.05, 0) is 47.9 Å². The number of hydrogen-bond donors (Lipinski definition) is 3. The Kier molecular flexibility index (Phi) is 7.96. The number of methoxy groups -OCH3 is 1. The second kappa shape index (κ2) is 10.2. The highest BCUT2D eigenvalue weighted by atomic mass is 32.2. The Morgan fingerprint density at radius 2 is 1.83 bits per heavy atom. The molecule has 2 rings (SSSR count). The van der Waals surface area contributed by atoms with E-state index in [0.29, 0.717) is 47.6 Å². The fraction of sp³-hybridized carbons (Fsp3) is 0.333. The predicted octanol–water partition coefficient (Wildman–Crippen LogP) is 2.43. The maximum Gasteiger partial charge on any atom is 0.307 e. The minimum Gasteiger partial charge on any atom is -0.496 e. The van der Waals surface area contributed by atoms with Crippen molar-refractivity contribution < 1.29 is 27.9 Å². The molecule has 0 bridgehead atoms. The number of carbonyl (C=O) groups is 2. The van der Waals surface area contributed by atoms with E-state index in [1.165, 1.54) is 14.0 Å². The van der Waals surface area contributed by atoms with Gasteiger partial charge in [0.05, 0.1) is 19.8 Å². The molecule has 0 heterocycles. The summed E-state index contributed by atoms with van der Waals surface area (Å²) in [5.41, 5.74) is 3.17. The molecule has 0 spiro atoms. The number of Topliss-reactive ketones (excluding diaryl/α,β-unsaturated/α-hetero) is 1. The van der Waals surface area contributed by atoms with Crippen LogP contribution in [0.1, 0.15) is 24.5 Å². The lowest BCUT2D eigenvalue weighted by atomic mass is 9.95. The van der Waals surface area contributed by atoms with Crippen LogP contribution in [0.15, 0.2) is 36.4 Å². The van der Waals surface area contributed by atoms with Crippen LogP contribution in [0.4, 0.5) is 5.69 Å². The zero-order valence-corrected chi connectivity index (χ0v) is 18.0. The van der Waals surface area contributed by atoms with Crippen LogP contribution in [0.5, 0.6) is 5.75 Å². The summed E-state index contributed by atoms with van der Waals surface area (Å²) in [5, 5.41) is 12.3. The van der Waals surface area contributed by atoms with Gasteiger partial charge < -0.3 is 15.2 Å². The average molecular weight is 435 g/mol. The van der Waals surface area contributed by atoms with Crippen LogP contribution in [0, 0.1) is 0 Å². The minimum absolute atomic E-state index is 0.0819. The Bertz CT molecular complexity index is 1030. The monoisotopic (exact) mass is 434 g/mol. The van der Waals surface area contributed by atoms with Gasteiger partial charge in [0.1, 0.15) is 11.5 Å². The molecule has 0 atom stereocenters. The average Bonchev–Trinajstić information content (AvgIpc) is 2.64. The molecule has 0 aliphatic carbocycles. The Balaban J connectivity index is 2.51. The van der Waals surface area contributed by atoms with Crippen molar-refractivity contribution in [1.29, 1.82) is 0 Å². The van der Waals surface area contributed by atoms with Crippen LogP contribution >= 0.6 is 0 Å². The Hall–Kier alpha value is -2.91. The number of ketones is 1. The molecule has 0 fully saturated rings. The molecule has 0 unspecified atom stereocenters. The number of aliphatic carboxylic acids is 1. The molecule has 0 amide bonds. The van der Waals surface area contributed by atoms with Crippen LogP contribution in [0.3, 0.4) is 0 Å². The number of carboxylic acids is 1. The maximum absolute atomic E-state index is 11.7. The molecule has 0 aliphatic rings. The van der Waals surface area contributed by atoms with E-state index in [0.717, 1.165) is 11.8 Å². The van der Waals surface area contributed by atoms with E-state index in [9.17, 15) is 18.0 Å². The summed E-state index contributed by atoms with van der Waals surface area (Å²) in [5.74, 6) is -0.339. The summed E-state index contributed by atoms with van der Waals surface area (Å²) in [4.78, 5) is 22.3. The molecule has 0 aliphatic heterocycles. The normalized spacial score (nSPS) is 11.2. The smallest absolute Gasteiger partial charge is 0.307 e. The molecule has 162 valence electrons. The summed E-state index contributed by atoms with van der Waals surface area (Å²) in [6.07, 6.45) is 1.32. The van der Waals surface area contributed by atoms with E-state index in [-0.39, 0.29) is 12.2 Å². The predicted molar refractivity (Wildman–Crippen MR) is 115 cm³/mol. The molecule has 3 N–H and O–H groups in total. The Morgan fingerprint density at radius 1 is 1.10 bits per heavy atom. The molecule has 30 heavy (non-hydrogen) atoms. The lowest BCUT2D eigenvalue weighted by molar-refractivity contribution is -0.136. The second-order valence-electron chi connectivity index (χ2n) is 6.98. The molecule has 2 aromatic rings. The first-order valence-corrected chi connectivity index (χ1v) is 11.2. The number of ether oxygens (including phenoxy) is 1. The van der Waals surface area contributed by atoms with Crippen molar-refractivity contribution in [3.63, 3.8) is 0 Å². The van der Waals surface area contributed by atoms with Crippen LogP contribution in [-0.2, 0) is 32.6 Å². The highest BCUT2D eigenvalue weighted by Gasteiger charge is 2.15. The van der Waals surface area contributed by atoms with Crippen molar-refractivity contribution in [2.24, 2.45) is 0 Å².